The highest BCUT2D eigenvalue weighted by molar-refractivity contribution is 5.90. The lowest BCUT2D eigenvalue weighted by Crippen LogP contribution is -2.32. The van der Waals surface area contributed by atoms with E-state index in [2.05, 4.69) is 0 Å². The maximum absolute atomic E-state index is 12.4. The van der Waals surface area contributed by atoms with Gasteiger partial charge in [-0.2, -0.15) is 13.2 Å². The average molecular weight is 259 g/mol. The van der Waals surface area contributed by atoms with E-state index in [4.69, 9.17) is 4.74 Å². The molecule has 1 aliphatic rings. The summed E-state index contributed by atoms with van der Waals surface area (Å²) in [7, 11) is 0. The van der Waals surface area contributed by atoms with Gasteiger partial charge in [-0.15, -0.1) is 0 Å². The van der Waals surface area contributed by atoms with Crippen LogP contribution in [0.1, 0.15) is 18.9 Å². The molecule has 0 N–H and O–H groups in total. The Balaban J connectivity index is 2.26. The van der Waals surface area contributed by atoms with Crippen molar-refractivity contribution >= 4 is 11.8 Å². The number of carbonyl (C=O) groups excluding carboxylic acids is 1. The minimum absolute atomic E-state index is 0.116. The number of halogens is 3. The standard InChI is InChI=1S/C12H12F3NO2/c1-2-9-7-18-11(17)16(9)10-5-3-8(4-6-10)12(13,14)15/h3-6,9H,2,7H2,1H3. The molecule has 0 aromatic heterocycles. The lowest BCUT2D eigenvalue weighted by Gasteiger charge is -2.20. The molecule has 1 unspecified atom stereocenters. The number of amides is 1. The van der Waals surface area contributed by atoms with Gasteiger partial charge in [-0.1, -0.05) is 6.92 Å². The Morgan fingerprint density at radius 3 is 2.44 bits per heavy atom. The van der Waals surface area contributed by atoms with Crippen LogP contribution in [0.15, 0.2) is 24.3 Å². The lowest BCUT2D eigenvalue weighted by atomic mass is 10.1. The van der Waals surface area contributed by atoms with Gasteiger partial charge in [0.05, 0.1) is 11.6 Å². The molecule has 0 aliphatic carbocycles. The number of anilines is 1. The number of benzene rings is 1. The van der Waals surface area contributed by atoms with E-state index in [1.54, 1.807) is 0 Å². The molecule has 98 valence electrons. The first-order valence-electron chi connectivity index (χ1n) is 5.56. The molecule has 0 spiro atoms. The number of carbonyl (C=O) groups is 1. The van der Waals surface area contributed by atoms with Gasteiger partial charge in [0.1, 0.15) is 6.61 Å². The number of cyclic esters (lactones) is 1. The predicted molar refractivity (Wildman–Crippen MR) is 59.4 cm³/mol. The van der Waals surface area contributed by atoms with Crippen LogP contribution in [-0.4, -0.2) is 18.7 Å². The quantitative estimate of drug-likeness (QED) is 0.814. The second-order valence-electron chi connectivity index (χ2n) is 4.05. The van der Waals surface area contributed by atoms with E-state index in [1.165, 1.54) is 17.0 Å². The molecule has 0 radical (unpaired) electrons. The van der Waals surface area contributed by atoms with Crippen molar-refractivity contribution in [1.29, 1.82) is 0 Å². The summed E-state index contributed by atoms with van der Waals surface area (Å²) >= 11 is 0. The molecule has 0 bridgehead atoms. The van der Waals surface area contributed by atoms with Gasteiger partial charge < -0.3 is 4.74 Å². The van der Waals surface area contributed by atoms with Crippen LogP contribution in [0, 0.1) is 0 Å². The first kappa shape index (κ1) is 12.7. The van der Waals surface area contributed by atoms with Crippen LogP contribution in [0.3, 0.4) is 0 Å². The largest absolute Gasteiger partial charge is 0.447 e. The summed E-state index contributed by atoms with van der Waals surface area (Å²) in [4.78, 5) is 12.9. The molecule has 0 saturated carbocycles. The lowest BCUT2D eigenvalue weighted by molar-refractivity contribution is -0.137. The van der Waals surface area contributed by atoms with Crippen LogP contribution in [0.2, 0.25) is 0 Å². The Morgan fingerprint density at radius 1 is 1.33 bits per heavy atom. The third-order valence-corrected chi connectivity index (χ3v) is 2.91. The Kier molecular flexibility index (Phi) is 3.19. The summed E-state index contributed by atoms with van der Waals surface area (Å²) < 4.78 is 42.1. The van der Waals surface area contributed by atoms with Gasteiger partial charge in [-0.05, 0) is 30.7 Å². The number of nitrogens with zero attached hydrogens (tertiary/aromatic N) is 1. The van der Waals surface area contributed by atoms with Crippen LogP contribution >= 0.6 is 0 Å². The molecule has 6 heteroatoms. The number of hydrogen-bond acceptors (Lipinski definition) is 2. The fourth-order valence-corrected chi connectivity index (χ4v) is 1.89. The molecule has 1 heterocycles. The molecule has 1 aromatic carbocycles. The van der Waals surface area contributed by atoms with Crippen molar-refractivity contribution in [1.82, 2.24) is 0 Å². The summed E-state index contributed by atoms with van der Waals surface area (Å²) in [6.45, 7) is 2.17. The Bertz CT molecular complexity index is 442. The maximum Gasteiger partial charge on any atom is 0.416 e. The van der Waals surface area contributed by atoms with Gasteiger partial charge in [0.25, 0.3) is 0 Å². The second kappa shape index (κ2) is 4.51. The molecule has 1 fully saturated rings. The Morgan fingerprint density at radius 2 is 1.94 bits per heavy atom. The van der Waals surface area contributed by atoms with Crippen molar-refractivity contribution in [2.45, 2.75) is 25.6 Å². The van der Waals surface area contributed by atoms with Gasteiger partial charge in [0.15, 0.2) is 0 Å². The molecular weight excluding hydrogens is 247 g/mol. The van der Waals surface area contributed by atoms with Gasteiger partial charge in [0.2, 0.25) is 0 Å². The second-order valence-corrected chi connectivity index (χ2v) is 4.05. The van der Waals surface area contributed by atoms with Gasteiger partial charge >= 0.3 is 12.3 Å². The molecule has 3 nitrogen and oxygen atoms in total. The molecule has 1 saturated heterocycles. The van der Waals surface area contributed by atoms with Gasteiger partial charge in [0, 0.05) is 5.69 Å². The zero-order valence-corrected chi connectivity index (χ0v) is 9.70. The topological polar surface area (TPSA) is 29.5 Å². The fourth-order valence-electron chi connectivity index (χ4n) is 1.89. The van der Waals surface area contributed by atoms with E-state index >= 15 is 0 Å². The highest BCUT2D eigenvalue weighted by Crippen LogP contribution is 2.32. The monoisotopic (exact) mass is 259 g/mol. The normalized spacial score (nSPS) is 20.1. The third-order valence-electron chi connectivity index (χ3n) is 2.91. The first-order valence-corrected chi connectivity index (χ1v) is 5.56. The number of hydrogen-bond donors (Lipinski definition) is 0. The van der Waals surface area contributed by atoms with Crippen molar-refractivity contribution in [3.63, 3.8) is 0 Å². The smallest absolute Gasteiger partial charge is 0.416 e. The molecule has 1 amide bonds. The van der Waals surface area contributed by atoms with E-state index < -0.39 is 17.8 Å². The maximum atomic E-state index is 12.4. The molecule has 1 aliphatic heterocycles. The van der Waals surface area contributed by atoms with E-state index in [9.17, 15) is 18.0 Å². The van der Waals surface area contributed by atoms with Crippen LogP contribution in [0.4, 0.5) is 23.7 Å². The van der Waals surface area contributed by atoms with Crippen molar-refractivity contribution < 1.29 is 22.7 Å². The highest BCUT2D eigenvalue weighted by Gasteiger charge is 2.34. The number of rotatable bonds is 2. The summed E-state index contributed by atoms with van der Waals surface area (Å²) in [5, 5.41) is 0. The van der Waals surface area contributed by atoms with Crippen molar-refractivity contribution in [3.05, 3.63) is 29.8 Å². The zero-order valence-electron chi connectivity index (χ0n) is 9.70. The number of alkyl halides is 3. The van der Waals surface area contributed by atoms with Gasteiger partial charge in [-0.25, -0.2) is 4.79 Å². The van der Waals surface area contributed by atoms with Crippen molar-refractivity contribution in [2.24, 2.45) is 0 Å². The molecule has 2 rings (SSSR count). The molecule has 1 atom stereocenters. The van der Waals surface area contributed by atoms with Crippen LogP contribution in [-0.2, 0) is 10.9 Å². The van der Waals surface area contributed by atoms with Crippen LogP contribution in [0.5, 0.6) is 0 Å². The fraction of sp³-hybridized carbons (Fsp3) is 0.417. The van der Waals surface area contributed by atoms with E-state index in [0.29, 0.717) is 12.1 Å². The summed E-state index contributed by atoms with van der Waals surface area (Å²) in [5.41, 5.74) is -0.302. The summed E-state index contributed by atoms with van der Waals surface area (Å²) in [6, 6.07) is 4.39. The first-order chi connectivity index (χ1) is 8.43. The minimum Gasteiger partial charge on any atom is -0.447 e. The minimum atomic E-state index is -4.37. The molecule has 1 aromatic rings. The Labute approximate surface area is 102 Å². The molecular formula is C12H12F3NO2. The third kappa shape index (κ3) is 2.27. The summed E-state index contributed by atoms with van der Waals surface area (Å²) in [6.07, 6.45) is -4.19. The van der Waals surface area contributed by atoms with Crippen LogP contribution < -0.4 is 4.90 Å². The summed E-state index contributed by atoms with van der Waals surface area (Å²) in [5.74, 6) is 0. The highest BCUT2D eigenvalue weighted by atomic mass is 19.4. The van der Waals surface area contributed by atoms with Crippen molar-refractivity contribution in [3.8, 4) is 0 Å². The average Bonchev–Trinajstić information content (AvgIpc) is 2.69. The van der Waals surface area contributed by atoms with E-state index in [1.807, 2.05) is 6.92 Å². The van der Waals surface area contributed by atoms with Crippen LogP contribution in [0.25, 0.3) is 0 Å². The number of ether oxygens (including phenoxy) is 1. The van der Waals surface area contributed by atoms with E-state index in [0.717, 1.165) is 12.1 Å². The van der Waals surface area contributed by atoms with Crippen molar-refractivity contribution in [2.75, 3.05) is 11.5 Å². The predicted octanol–water partition coefficient (Wildman–Crippen LogP) is 3.44. The van der Waals surface area contributed by atoms with E-state index in [-0.39, 0.29) is 12.6 Å². The van der Waals surface area contributed by atoms with Gasteiger partial charge in [-0.3, -0.25) is 4.90 Å². The SMILES string of the molecule is CCC1COC(=O)N1c1ccc(C(F)(F)F)cc1. The Hall–Kier alpha value is -1.72. The zero-order chi connectivity index (χ0) is 13.3. The molecule has 18 heavy (non-hydrogen) atoms.